The summed E-state index contributed by atoms with van der Waals surface area (Å²) in [5.41, 5.74) is 6.01. The van der Waals surface area contributed by atoms with E-state index in [4.69, 9.17) is 23.2 Å². The number of aromatic nitrogens is 1. The number of nitrogens with zero attached hydrogens (tertiary/aromatic N) is 3. The lowest BCUT2D eigenvalue weighted by atomic mass is 10.0. The molecule has 3 aromatic carbocycles. The monoisotopic (exact) mass is 535 g/mol. The molecule has 1 fully saturated rings. The van der Waals surface area contributed by atoms with Gasteiger partial charge in [0.1, 0.15) is 5.75 Å². The van der Waals surface area contributed by atoms with Crippen LogP contribution in [0.2, 0.25) is 10.0 Å². The molecule has 0 atom stereocenters. The van der Waals surface area contributed by atoms with E-state index in [2.05, 4.69) is 45.7 Å². The summed E-state index contributed by atoms with van der Waals surface area (Å²) in [6.45, 7) is 9.03. The van der Waals surface area contributed by atoms with Crippen molar-refractivity contribution in [2.45, 2.75) is 45.8 Å². The number of unbranched alkanes of at least 4 members (excludes halogenated alkanes) is 2. The van der Waals surface area contributed by atoms with E-state index in [0.29, 0.717) is 5.75 Å². The van der Waals surface area contributed by atoms with Crippen molar-refractivity contribution in [3.8, 4) is 16.9 Å². The quantitative estimate of drug-likeness (QED) is 0.221. The number of fused-ring (bicyclic) bond motifs is 1. The van der Waals surface area contributed by atoms with Gasteiger partial charge in [-0.1, -0.05) is 67.2 Å². The Morgan fingerprint density at radius 2 is 1.49 bits per heavy atom. The summed E-state index contributed by atoms with van der Waals surface area (Å²) in [7, 11) is 0. The van der Waals surface area contributed by atoms with Gasteiger partial charge in [0.05, 0.1) is 0 Å². The topological polar surface area (TPSA) is 31.6 Å². The highest BCUT2D eigenvalue weighted by molar-refractivity contribution is 6.35. The number of benzene rings is 3. The molecule has 0 unspecified atom stereocenters. The average Bonchev–Trinajstić information content (AvgIpc) is 3.26. The SMILES string of the molecule is CCCCCn1cc(-c2ccc(O)cc2)c2cc(CN3CCN(Cc4c(Cl)cccc4Cl)CC3)ccc21. The van der Waals surface area contributed by atoms with E-state index in [1.807, 2.05) is 30.3 Å². The predicted octanol–water partition coefficient (Wildman–Crippen LogP) is 7.83. The number of aryl methyl sites for hydroxylation is 1. The molecular weight excluding hydrogens is 501 g/mol. The summed E-state index contributed by atoms with van der Waals surface area (Å²) < 4.78 is 2.40. The molecule has 6 heteroatoms. The van der Waals surface area contributed by atoms with Crippen molar-refractivity contribution in [2.75, 3.05) is 26.2 Å². The summed E-state index contributed by atoms with van der Waals surface area (Å²) in [4.78, 5) is 4.97. The molecule has 0 radical (unpaired) electrons. The predicted molar refractivity (Wildman–Crippen MR) is 156 cm³/mol. The summed E-state index contributed by atoms with van der Waals surface area (Å²) in [5, 5.41) is 12.6. The van der Waals surface area contributed by atoms with Crippen molar-refractivity contribution in [3.63, 3.8) is 0 Å². The molecule has 1 saturated heterocycles. The molecule has 4 aromatic rings. The molecule has 0 amide bonds. The molecule has 1 aliphatic heterocycles. The maximum Gasteiger partial charge on any atom is 0.115 e. The lowest BCUT2D eigenvalue weighted by molar-refractivity contribution is 0.122. The van der Waals surface area contributed by atoms with Crippen molar-refractivity contribution in [1.82, 2.24) is 14.4 Å². The van der Waals surface area contributed by atoms with Gasteiger partial charge in [0.2, 0.25) is 0 Å². The van der Waals surface area contributed by atoms with E-state index in [0.717, 1.165) is 67.0 Å². The Kier molecular flexibility index (Phi) is 8.41. The number of rotatable bonds is 9. The van der Waals surface area contributed by atoms with Crippen molar-refractivity contribution >= 4 is 34.1 Å². The van der Waals surface area contributed by atoms with Crippen LogP contribution < -0.4 is 0 Å². The molecule has 4 nitrogen and oxygen atoms in total. The van der Waals surface area contributed by atoms with Gasteiger partial charge in [-0.3, -0.25) is 9.80 Å². The van der Waals surface area contributed by atoms with Gasteiger partial charge in [0.25, 0.3) is 0 Å². The van der Waals surface area contributed by atoms with E-state index >= 15 is 0 Å². The Hall–Kier alpha value is -2.50. The second-order valence-electron chi connectivity index (χ2n) is 10.1. The molecule has 0 bridgehead atoms. The van der Waals surface area contributed by atoms with Crippen molar-refractivity contribution in [3.05, 3.63) is 88.0 Å². The Balaban J connectivity index is 1.31. The van der Waals surface area contributed by atoms with Crippen molar-refractivity contribution < 1.29 is 5.11 Å². The Labute approximate surface area is 230 Å². The van der Waals surface area contributed by atoms with Gasteiger partial charge in [-0.2, -0.15) is 0 Å². The first-order chi connectivity index (χ1) is 18.0. The third kappa shape index (κ3) is 6.15. The second-order valence-corrected chi connectivity index (χ2v) is 10.9. The van der Waals surface area contributed by atoms with E-state index in [1.54, 1.807) is 12.1 Å². The molecule has 37 heavy (non-hydrogen) atoms. The fourth-order valence-corrected chi connectivity index (χ4v) is 5.82. The first-order valence-electron chi connectivity index (χ1n) is 13.3. The van der Waals surface area contributed by atoms with Gasteiger partial charge < -0.3 is 9.67 Å². The smallest absolute Gasteiger partial charge is 0.115 e. The fraction of sp³-hybridized carbons (Fsp3) is 0.355. The molecule has 0 saturated carbocycles. The van der Waals surface area contributed by atoms with Gasteiger partial charge in [0.15, 0.2) is 0 Å². The highest BCUT2D eigenvalue weighted by atomic mass is 35.5. The highest BCUT2D eigenvalue weighted by Gasteiger charge is 2.20. The zero-order valence-electron chi connectivity index (χ0n) is 21.5. The van der Waals surface area contributed by atoms with Crippen molar-refractivity contribution in [1.29, 1.82) is 0 Å². The number of phenolic OH excluding ortho intramolecular Hbond substituents is 1. The Morgan fingerprint density at radius 3 is 2.16 bits per heavy atom. The van der Waals surface area contributed by atoms with Gasteiger partial charge in [-0.15, -0.1) is 0 Å². The summed E-state index contributed by atoms with van der Waals surface area (Å²) in [6.07, 6.45) is 5.92. The van der Waals surface area contributed by atoms with E-state index in [-0.39, 0.29) is 0 Å². The first kappa shape index (κ1) is 26.1. The minimum atomic E-state index is 0.298. The lowest BCUT2D eigenvalue weighted by Gasteiger charge is -2.35. The zero-order valence-corrected chi connectivity index (χ0v) is 23.0. The van der Waals surface area contributed by atoms with Crippen molar-refractivity contribution in [2.24, 2.45) is 0 Å². The van der Waals surface area contributed by atoms with Crippen LogP contribution in [-0.2, 0) is 19.6 Å². The summed E-state index contributed by atoms with van der Waals surface area (Å²) >= 11 is 12.8. The number of piperazine rings is 1. The Morgan fingerprint density at radius 1 is 0.811 bits per heavy atom. The van der Waals surface area contributed by atoms with Gasteiger partial charge in [-0.05, 0) is 53.9 Å². The summed E-state index contributed by atoms with van der Waals surface area (Å²) in [5.74, 6) is 0.298. The molecule has 1 aliphatic rings. The number of aromatic hydroxyl groups is 1. The molecule has 1 aromatic heterocycles. The van der Waals surface area contributed by atoms with Crippen LogP contribution in [0, 0.1) is 0 Å². The number of halogens is 2. The molecule has 0 aliphatic carbocycles. The van der Waals surface area contributed by atoms with E-state index in [1.165, 1.54) is 41.3 Å². The molecule has 1 N–H and O–H groups in total. The number of hydrogen-bond acceptors (Lipinski definition) is 3. The number of hydrogen-bond donors (Lipinski definition) is 1. The second kappa shape index (κ2) is 11.9. The summed E-state index contributed by atoms with van der Waals surface area (Å²) in [6, 6.07) is 20.2. The van der Waals surface area contributed by atoms with Crippen LogP contribution in [0.25, 0.3) is 22.0 Å². The van der Waals surface area contributed by atoms with Crippen LogP contribution in [0.4, 0.5) is 0 Å². The third-order valence-corrected chi connectivity index (χ3v) is 8.15. The maximum absolute atomic E-state index is 9.79. The molecular formula is C31H35Cl2N3O. The van der Waals surface area contributed by atoms with Crippen LogP contribution in [0.1, 0.15) is 37.3 Å². The number of phenols is 1. The minimum Gasteiger partial charge on any atom is -0.508 e. The van der Waals surface area contributed by atoms with Gasteiger partial charge in [-0.25, -0.2) is 0 Å². The molecule has 2 heterocycles. The standard InChI is InChI=1S/C31H35Cl2N3O/c1-2-3-4-14-36-22-27(24-9-11-25(37)12-10-24)26-19-23(8-13-31(26)36)20-34-15-17-35(18-16-34)21-28-29(32)6-5-7-30(28)33/h5-13,19,22,37H,2-4,14-18,20-21H2,1H3. The van der Waals surface area contributed by atoms with Crippen LogP contribution in [-0.4, -0.2) is 45.7 Å². The van der Waals surface area contributed by atoms with Gasteiger partial charge in [0, 0.05) is 84.1 Å². The van der Waals surface area contributed by atoms with Crippen LogP contribution in [0.15, 0.2) is 66.9 Å². The van der Waals surface area contributed by atoms with Gasteiger partial charge >= 0.3 is 0 Å². The Bertz CT molecular complexity index is 1320. The lowest BCUT2D eigenvalue weighted by Crippen LogP contribution is -2.45. The van der Waals surface area contributed by atoms with Crippen LogP contribution >= 0.6 is 23.2 Å². The highest BCUT2D eigenvalue weighted by Crippen LogP contribution is 2.33. The minimum absolute atomic E-state index is 0.298. The molecule has 5 rings (SSSR count). The van der Waals surface area contributed by atoms with Crippen LogP contribution in [0.5, 0.6) is 5.75 Å². The van der Waals surface area contributed by atoms with E-state index in [9.17, 15) is 5.11 Å². The normalized spacial score (nSPS) is 15.0. The first-order valence-corrected chi connectivity index (χ1v) is 14.1. The average molecular weight is 537 g/mol. The largest absolute Gasteiger partial charge is 0.508 e. The molecule has 194 valence electrons. The third-order valence-electron chi connectivity index (χ3n) is 7.44. The fourth-order valence-electron chi connectivity index (χ4n) is 5.30. The van der Waals surface area contributed by atoms with E-state index < -0.39 is 0 Å². The zero-order chi connectivity index (χ0) is 25.8. The maximum atomic E-state index is 9.79. The molecule has 0 spiro atoms. The van der Waals surface area contributed by atoms with Crippen LogP contribution in [0.3, 0.4) is 0 Å².